The molecule has 1 fully saturated rings. The van der Waals surface area contributed by atoms with Gasteiger partial charge in [-0.15, -0.1) is 11.6 Å². The standard InChI is InChI=1S/C15H23ClN2O/c1-2-11-19-14-9-6-10-17-15(14)18-13-8-5-3-4-7-12(13)16/h6,9-10,12-13H,2-5,7-8,11H2,1H3,(H,17,18). The molecule has 0 radical (unpaired) electrons. The van der Waals surface area contributed by atoms with Gasteiger partial charge >= 0.3 is 0 Å². The molecule has 0 amide bonds. The summed E-state index contributed by atoms with van der Waals surface area (Å²) in [6.07, 6.45) is 8.72. The lowest BCUT2D eigenvalue weighted by Gasteiger charge is -2.23. The van der Waals surface area contributed by atoms with Crippen LogP contribution in [0.25, 0.3) is 0 Å². The first-order valence-electron chi connectivity index (χ1n) is 7.29. The van der Waals surface area contributed by atoms with Gasteiger partial charge in [-0.05, 0) is 31.4 Å². The second kappa shape index (κ2) is 7.59. The summed E-state index contributed by atoms with van der Waals surface area (Å²) in [4.78, 5) is 4.40. The third-order valence-electron chi connectivity index (χ3n) is 3.49. The Kier molecular flexibility index (Phi) is 5.77. The van der Waals surface area contributed by atoms with Gasteiger partial charge in [0.15, 0.2) is 11.6 Å². The van der Waals surface area contributed by atoms with E-state index in [9.17, 15) is 0 Å². The minimum Gasteiger partial charge on any atom is -0.490 e. The molecule has 1 aliphatic carbocycles. The Morgan fingerprint density at radius 2 is 2.21 bits per heavy atom. The first kappa shape index (κ1) is 14.4. The van der Waals surface area contributed by atoms with E-state index in [1.807, 2.05) is 12.1 Å². The maximum absolute atomic E-state index is 6.46. The third kappa shape index (κ3) is 4.27. The molecule has 0 aliphatic heterocycles. The number of nitrogens with zero attached hydrogens (tertiary/aromatic N) is 1. The van der Waals surface area contributed by atoms with Crippen molar-refractivity contribution in [3.8, 4) is 5.75 Å². The zero-order valence-electron chi connectivity index (χ0n) is 11.6. The van der Waals surface area contributed by atoms with Gasteiger partial charge in [-0.2, -0.15) is 0 Å². The van der Waals surface area contributed by atoms with Crippen LogP contribution in [-0.2, 0) is 0 Å². The largest absolute Gasteiger partial charge is 0.490 e. The van der Waals surface area contributed by atoms with E-state index >= 15 is 0 Å². The van der Waals surface area contributed by atoms with Crippen LogP contribution in [0.3, 0.4) is 0 Å². The molecule has 3 nitrogen and oxygen atoms in total. The highest BCUT2D eigenvalue weighted by Crippen LogP contribution is 2.28. The van der Waals surface area contributed by atoms with Crippen LogP contribution < -0.4 is 10.1 Å². The van der Waals surface area contributed by atoms with Crippen LogP contribution in [0.1, 0.15) is 45.4 Å². The second-order valence-corrected chi connectivity index (χ2v) is 5.66. The molecule has 1 aromatic heterocycles. The van der Waals surface area contributed by atoms with E-state index in [-0.39, 0.29) is 5.38 Å². The van der Waals surface area contributed by atoms with Crippen LogP contribution >= 0.6 is 11.6 Å². The molecule has 2 unspecified atom stereocenters. The van der Waals surface area contributed by atoms with Gasteiger partial charge in [-0.1, -0.05) is 26.2 Å². The monoisotopic (exact) mass is 282 g/mol. The fourth-order valence-electron chi connectivity index (χ4n) is 2.43. The van der Waals surface area contributed by atoms with Gasteiger partial charge in [-0.3, -0.25) is 0 Å². The van der Waals surface area contributed by atoms with Crippen LogP contribution in [0.5, 0.6) is 5.75 Å². The minimum absolute atomic E-state index is 0.184. The number of hydrogen-bond donors (Lipinski definition) is 1. The summed E-state index contributed by atoms with van der Waals surface area (Å²) in [5.74, 6) is 1.66. The van der Waals surface area contributed by atoms with Gasteiger partial charge in [0.1, 0.15) is 0 Å². The molecule has 0 bridgehead atoms. The number of pyridine rings is 1. The Morgan fingerprint density at radius 3 is 3.05 bits per heavy atom. The lowest BCUT2D eigenvalue weighted by atomic mass is 10.1. The van der Waals surface area contributed by atoms with Crippen molar-refractivity contribution >= 4 is 17.4 Å². The molecule has 1 heterocycles. The average molecular weight is 283 g/mol. The normalized spacial score (nSPS) is 23.7. The number of aromatic nitrogens is 1. The van der Waals surface area contributed by atoms with Crippen LogP contribution in [-0.4, -0.2) is 23.0 Å². The van der Waals surface area contributed by atoms with Crippen LogP contribution in [0, 0.1) is 0 Å². The number of alkyl halides is 1. The molecule has 0 aromatic carbocycles. The van der Waals surface area contributed by atoms with Crippen LogP contribution in [0.2, 0.25) is 0 Å². The van der Waals surface area contributed by atoms with Crippen LogP contribution in [0.15, 0.2) is 18.3 Å². The zero-order valence-corrected chi connectivity index (χ0v) is 12.3. The summed E-state index contributed by atoms with van der Waals surface area (Å²) in [7, 11) is 0. The van der Waals surface area contributed by atoms with Crippen LogP contribution in [0.4, 0.5) is 5.82 Å². The first-order chi connectivity index (χ1) is 9.31. The summed E-state index contributed by atoms with van der Waals surface area (Å²) in [6, 6.07) is 4.16. The summed E-state index contributed by atoms with van der Waals surface area (Å²) in [5, 5.41) is 3.66. The van der Waals surface area contributed by atoms with E-state index in [0.29, 0.717) is 6.04 Å². The Hall–Kier alpha value is -0.960. The molecule has 0 saturated heterocycles. The first-order valence-corrected chi connectivity index (χ1v) is 7.73. The van der Waals surface area contributed by atoms with Gasteiger partial charge in [0.2, 0.25) is 0 Å². The van der Waals surface area contributed by atoms with Crippen molar-refractivity contribution in [2.45, 2.75) is 56.9 Å². The molecular formula is C15H23ClN2O. The van der Waals surface area contributed by atoms with Crippen molar-refractivity contribution in [3.05, 3.63) is 18.3 Å². The maximum atomic E-state index is 6.46. The molecule has 1 aliphatic rings. The molecule has 2 atom stereocenters. The lowest BCUT2D eigenvalue weighted by molar-refractivity contribution is 0.317. The Bertz CT molecular complexity index is 386. The number of nitrogens with one attached hydrogen (secondary N) is 1. The third-order valence-corrected chi connectivity index (χ3v) is 4.01. The average Bonchev–Trinajstić information content (AvgIpc) is 2.63. The molecule has 19 heavy (non-hydrogen) atoms. The van der Waals surface area contributed by atoms with E-state index in [0.717, 1.165) is 37.4 Å². The highest BCUT2D eigenvalue weighted by molar-refractivity contribution is 6.21. The highest BCUT2D eigenvalue weighted by Gasteiger charge is 2.22. The van der Waals surface area contributed by atoms with E-state index in [4.69, 9.17) is 16.3 Å². The SMILES string of the molecule is CCCOc1cccnc1NC1CCCCCC1Cl. The number of ether oxygens (including phenoxy) is 1. The molecule has 1 aromatic rings. The summed E-state index contributed by atoms with van der Waals surface area (Å²) < 4.78 is 5.73. The van der Waals surface area contributed by atoms with Crippen molar-refractivity contribution in [3.63, 3.8) is 0 Å². The van der Waals surface area contributed by atoms with E-state index in [2.05, 4.69) is 17.2 Å². The van der Waals surface area contributed by atoms with Crippen molar-refractivity contribution < 1.29 is 4.74 Å². The zero-order chi connectivity index (χ0) is 13.5. The summed E-state index contributed by atoms with van der Waals surface area (Å²) >= 11 is 6.46. The molecule has 4 heteroatoms. The van der Waals surface area contributed by atoms with E-state index in [1.54, 1.807) is 6.20 Å². The smallest absolute Gasteiger partial charge is 0.169 e. The minimum atomic E-state index is 0.184. The topological polar surface area (TPSA) is 34.1 Å². The molecular weight excluding hydrogens is 260 g/mol. The van der Waals surface area contributed by atoms with Gasteiger partial charge in [0.25, 0.3) is 0 Å². The Balaban J connectivity index is 2.04. The fraction of sp³-hybridized carbons (Fsp3) is 0.667. The van der Waals surface area contributed by atoms with Crippen molar-refractivity contribution in [2.24, 2.45) is 0 Å². The van der Waals surface area contributed by atoms with Gasteiger partial charge in [-0.25, -0.2) is 4.98 Å². The van der Waals surface area contributed by atoms with E-state index in [1.165, 1.54) is 19.3 Å². The highest BCUT2D eigenvalue weighted by atomic mass is 35.5. The predicted octanol–water partition coefficient (Wildman–Crippen LogP) is 4.22. The molecule has 106 valence electrons. The second-order valence-electron chi connectivity index (χ2n) is 5.10. The fourth-order valence-corrected chi connectivity index (χ4v) is 2.77. The van der Waals surface area contributed by atoms with Gasteiger partial charge in [0.05, 0.1) is 12.0 Å². The Morgan fingerprint density at radius 1 is 1.37 bits per heavy atom. The number of halogens is 1. The van der Waals surface area contributed by atoms with Crippen molar-refractivity contribution in [1.82, 2.24) is 4.98 Å². The Labute approximate surface area is 120 Å². The number of rotatable bonds is 5. The summed E-state index contributed by atoms with van der Waals surface area (Å²) in [6.45, 7) is 2.82. The predicted molar refractivity (Wildman–Crippen MR) is 80.2 cm³/mol. The van der Waals surface area contributed by atoms with Gasteiger partial charge in [0, 0.05) is 12.2 Å². The summed E-state index contributed by atoms with van der Waals surface area (Å²) in [5.41, 5.74) is 0. The van der Waals surface area contributed by atoms with Gasteiger partial charge < -0.3 is 10.1 Å². The molecule has 0 spiro atoms. The lowest BCUT2D eigenvalue weighted by Crippen LogP contribution is -2.29. The number of hydrogen-bond acceptors (Lipinski definition) is 3. The number of anilines is 1. The van der Waals surface area contributed by atoms with E-state index < -0.39 is 0 Å². The van der Waals surface area contributed by atoms with Crippen molar-refractivity contribution in [2.75, 3.05) is 11.9 Å². The van der Waals surface area contributed by atoms with Crippen molar-refractivity contribution in [1.29, 1.82) is 0 Å². The molecule has 2 rings (SSSR count). The maximum Gasteiger partial charge on any atom is 0.169 e. The molecule has 1 N–H and O–H groups in total. The quantitative estimate of drug-likeness (QED) is 0.648. The molecule has 1 saturated carbocycles.